The second-order valence-electron chi connectivity index (χ2n) is 5.20. The van der Waals surface area contributed by atoms with Gasteiger partial charge >= 0.3 is 0 Å². The van der Waals surface area contributed by atoms with Crippen molar-refractivity contribution >= 4 is 27.6 Å². The molecular formula is C15H18BrN3. The van der Waals surface area contributed by atoms with Crippen molar-refractivity contribution in [3.63, 3.8) is 0 Å². The average Bonchev–Trinajstić information content (AvgIpc) is 3.03. The molecule has 0 spiro atoms. The van der Waals surface area contributed by atoms with E-state index in [0.29, 0.717) is 6.04 Å². The molecule has 1 heterocycles. The molecular weight excluding hydrogens is 302 g/mol. The minimum Gasteiger partial charge on any atom is -0.325 e. The summed E-state index contributed by atoms with van der Waals surface area (Å²) in [4.78, 5) is 4.45. The lowest BCUT2D eigenvalue weighted by atomic mass is 10.2. The maximum Gasteiger partial charge on any atom is 0.207 e. The number of aromatic nitrogens is 2. The zero-order valence-corrected chi connectivity index (χ0v) is 12.7. The molecule has 0 saturated heterocycles. The van der Waals surface area contributed by atoms with Gasteiger partial charge in [0.2, 0.25) is 5.95 Å². The van der Waals surface area contributed by atoms with Crippen molar-refractivity contribution in [1.29, 1.82) is 0 Å². The molecule has 1 saturated carbocycles. The number of hydrogen-bond donors (Lipinski definition) is 1. The Labute approximate surface area is 122 Å². The Morgan fingerprint density at radius 2 is 2.11 bits per heavy atom. The lowest BCUT2D eigenvalue weighted by Gasteiger charge is -2.16. The third-order valence-corrected chi connectivity index (χ3v) is 4.41. The maximum absolute atomic E-state index is 4.45. The van der Waals surface area contributed by atoms with E-state index in [2.05, 4.69) is 62.1 Å². The molecule has 1 aliphatic rings. The number of benzene rings is 1. The number of hydrogen-bond acceptors (Lipinski definition) is 2. The van der Waals surface area contributed by atoms with Gasteiger partial charge in [-0.05, 0) is 53.4 Å². The van der Waals surface area contributed by atoms with Crippen molar-refractivity contribution in [3.05, 3.63) is 40.6 Å². The van der Waals surface area contributed by atoms with Crippen LogP contribution in [0.1, 0.15) is 37.3 Å². The van der Waals surface area contributed by atoms with Crippen molar-refractivity contribution in [2.24, 2.45) is 0 Å². The van der Waals surface area contributed by atoms with Gasteiger partial charge in [0.05, 0.1) is 5.69 Å². The topological polar surface area (TPSA) is 29.9 Å². The molecule has 0 atom stereocenters. The number of imidazole rings is 1. The fraction of sp³-hybridized carbons (Fsp3) is 0.400. The highest BCUT2D eigenvalue weighted by atomic mass is 79.9. The SMILES string of the molecule is Cc1ccc(Nc2nccn2C2CCCC2)c(Br)c1. The first-order valence-corrected chi connectivity index (χ1v) is 7.59. The molecule has 1 N–H and O–H groups in total. The second kappa shape index (κ2) is 5.37. The summed E-state index contributed by atoms with van der Waals surface area (Å²) in [7, 11) is 0. The van der Waals surface area contributed by atoms with Crippen LogP contribution in [0.25, 0.3) is 0 Å². The molecule has 2 aromatic rings. The largest absolute Gasteiger partial charge is 0.325 e. The minimum absolute atomic E-state index is 0.606. The first-order valence-electron chi connectivity index (χ1n) is 6.80. The summed E-state index contributed by atoms with van der Waals surface area (Å²) in [5.74, 6) is 0.941. The van der Waals surface area contributed by atoms with Crippen LogP contribution in [0.3, 0.4) is 0 Å². The van der Waals surface area contributed by atoms with Crippen LogP contribution >= 0.6 is 15.9 Å². The van der Waals surface area contributed by atoms with E-state index in [1.165, 1.54) is 31.2 Å². The summed E-state index contributed by atoms with van der Waals surface area (Å²) >= 11 is 3.60. The van der Waals surface area contributed by atoms with Crippen molar-refractivity contribution < 1.29 is 0 Å². The van der Waals surface area contributed by atoms with E-state index in [1.54, 1.807) is 0 Å². The van der Waals surface area contributed by atoms with E-state index < -0.39 is 0 Å². The third-order valence-electron chi connectivity index (χ3n) is 3.76. The number of anilines is 2. The predicted molar refractivity (Wildman–Crippen MR) is 81.9 cm³/mol. The van der Waals surface area contributed by atoms with Crippen LogP contribution in [-0.4, -0.2) is 9.55 Å². The average molecular weight is 320 g/mol. The van der Waals surface area contributed by atoms with Gasteiger partial charge < -0.3 is 9.88 Å². The van der Waals surface area contributed by atoms with Crippen LogP contribution < -0.4 is 5.32 Å². The summed E-state index contributed by atoms with van der Waals surface area (Å²) in [5, 5.41) is 3.43. The summed E-state index contributed by atoms with van der Waals surface area (Å²) in [6, 6.07) is 6.92. The van der Waals surface area contributed by atoms with Crippen LogP contribution in [0.4, 0.5) is 11.6 Å². The van der Waals surface area contributed by atoms with Gasteiger partial charge in [-0.1, -0.05) is 18.9 Å². The number of rotatable bonds is 3. The molecule has 3 rings (SSSR count). The van der Waals surface area contributed by atoms with Gasteiger partial charge in [-0.3, -0.25) is 0 Å². The van der Waals surface area contributed by atoms with E-state index in [9.17, 15) is 0 Å². The predicted octanol–water partition coefficient (Wildman–Crippen LogP) is 4.81. The van der Waals surface area contributed by atoms with Crippen LogP contribution in [0.15, 0.2) is 35.1 Å². The molecule has 0 radical (unpaired) electrons. The van der Waals surface area contributed by atoms with Gasteiger partial charge in [-0.2, -0.15) is 0 Å². The van der Waals surface area contributed by atoms with Crippen LogP contribution in [0.2, 0.25) is 0 Å². The lowest BCUT2D eigenvalue weighted by Crippen LogP contribution is -2.08. The molecule has 0 amide bonds. The van der Waals surface area contributed by atoms with Crippen molar-refractivity contribution in [3.8, 4) is 0 Å². The van der Waals surface area contributed by atoms with E-state index in [-0.39, 0.29) is 0 Å². The molecule has 1 aliphatic carbocycles. The molecule has 1 aromatic heterocycles. The van der Waals surface area contributed by atoms with Crippen LogP contribution in [-0.2, 0) is 0 Å². The number of aryl methyl sites for hydroxylation is 1. The zero-order valence-electron chi connectivity index (χ0n) is 11.1. The molecule has 3 nitrogen and oxygen atoms in total. The van der Waals surface area contributed by atoms with Gasteiger partial charge in [-0.25, -0.2) is 4.98 Å². The lowest BCUT2D eigenvalue weighted by molar-refractivity contribution is 0.525. The highest BCUT2D eigenvalue weighted by Gasteiger charge is 2.19. The molecule has 0 aliphatic heterocycles. The van der Waals surface area contributed by atoms with Gasteiger partial charge in [0.25, 0.3) is 0 Å². The monoisotopic (exact) mass is 319 g/mol. The Hall–Kier alpha value is -1.29. The first-order chi connectivity index (χ1) is 9.24. The van der Waals surface area contributed by atoms with Gasteiger partial charge in [-0.15, -0.1) is 0 Å². The van der Waals surface area contributed by atoms with Crippen LogP contribution in [0.5, 0.6) is 0 Å². The maximum atomic E-state index is 4.45. The zero-order chi connectivity index (χ0) is 13.2. The quantitative estimate of drug-likeness (QED) is 0.879. The summed E-state index contributed by atoms with van der Waals surface area (Å²) in [6.07, 6.45) is 9.15. The van der Waals surface area contributed by atoms with Gasteiger partial charge in [0.15, 0.2) is 0 Å². The van der Waals surface area contributed by atoms with E-state index in [1.807, 2.05) is 6.20 Å². The Morgan fingerprint density at radius 1 is 1.32 bits per heavy atom. The molecule has 0 unspecified atom stereocenters. The first kappa shape index (κ1) is 12.7. The Morgan fingerprint density at radius 3 is 2.84 bits per heavy atom. The minimum atomic E-state index is 0.606. The van der Waals surface area contributed by atoms with E-state index in [0.717, 1.165) is 16.1 Å². The fourth-order valence-corrected chi connectivity index (χ4v) is 3.32. The Bertz CT molecular complexity index is 571. The van der Waals surface area contributed by atoms with Gasteiger partial charge in [0, 0.05) is 22.9 Å². The van der Waals surface area contributed by atoms with Crippen molar-refractivity contribution in [1.82, 2.24) is 9.55 Å². The smallest absolute Gasteiger partial charge is 0.207 e. The van der Waals surface area contributed by atoms with E-state index in [4.69, 9.17) is 0 Å². The summed E-state index contributed by atoms with van der Waals surface area (Å²) < 4.78 is 3.35. The fourth-order valence-electron chi connectivity index (χ4n) is 2.73. The standard InChI is InChI=1S/C15H18BrN3/c1-11-6-7-14(13(16)10-11)18-15-17-8-9-19(15)12-4-2-3-5-12/h6-10,12H,2-5H2,1H3,(H,17,18). The second-order valence-corrected chi connectivity index (χ2v) is 6.06. The molecule has 1 fully saturated rings. The number of nitrogens with one attached hydrogen (secondary N) is 1. The Balaban J connectivity index is 1.85. The molecule has 0 bridgehead atoms. The summed E-state index contributed by atoms with van der Waals surface area (Å²) in [5.41, 5.74) is 2.31. The van der Waals surface area contributed by atoms with Crippen molar-refractivity contribution in [2.75, 3.05) is 5.32 Å². The van der Waals surface area contributed by atoms with Gasteiger partial charge in [0.1, 0.15) is 0 Å². The number of nitrogens with zero attached hydrogens (tertiary/aromatic N) is 2. The molecule has 19 heavy (non-hydrogen) atoms. The van der Waals surface area contributed by atoms with E-state index >= 15 is 0 Å². The summed E-state index contributed by atoms with van der Waals surface area (Å²) in [6.45, 7) is 2.09. The van der Waals surface area contributed by atoms with Crippen LogP contribution in [0, 0.1) is 6.92 Å². The molecule has 1 aromatic carbocycles. The highest BCUT2D eigenvalue weighted by molar-refractivity contribution is 9.10. The molecule has 4 heteroatoms. The normalized spacial score (nSPS) is 15.9. The van der Waals surface area contributed by atoms with Crippen molar-refractivity contribution in [2.45, 2.75) is 38.6 Å². The molecule has 100 valence electrons. The number of halogens is 1. The Kier molecular flexibility index (Phi) is 3.60. The highest BCUT2D eigenvalue weighted by Crippen LogP contribution is 2.33. The third kappa shape index (κ3) is 2.68.